The second-order valence-corrected chi connectivity index (χ2v) is 12.3. The summed E-state index contributed by atoms with van der Waals surface area (Å²) in [6, 6.07) is 16.3. The van der Waals surface area contributed by atoms with Crippen molar-refractivity contribution in [2.75, 3.05) is 7.11 Å². The Morgan fingerprint density at radius 1 is 0.833 bits per heavy atom. The average molecular weight is 341 g/mol. The van der Waals surface area contributed by atoms with Gasteiger partial charge >= 0.3 is 0 Å². The summed E-state index contributed by atoms with van der Waals surface area (Å²) in [5.74, 6) is 1.83. The highest BCUT2D eigenvalue weighted by molar-refractivity contribution is 6.74. The zero-order valence-electron chi connectivity index (χ0n) is 15.6. The first-order valence-corrected chi connectivity index (χ1v) is 11.2. The van der Waals surface area contributed by atoms with Gasteiger partial charge in [-0.25, -0.2) is 0 Å². The van der Waals surface area contributed by atoms with Gasteiger partial charge in [-0.2, -0.15) is 0 Å². The summed E-state index contributed by atoms with van der Waals surface area (Å²) in [5, 5.41) is 0.206. The molecule has 0 bridgehead atoms. The zero-order valence-corrected chi connectivity index (χ0v) is 16.6. The first-order valence-electron chi connectivity index (χ1n) is 8.32. The van der Waals surface area contributed by atoms with Crippen molar-refractivity contribution in [2.24, 2.45) is 0 Å². The highest BCUT2D eigenvalue weighted by atomic mass is 28.4. The SMILES string of the molecule is COc1cccc(/C=C\c2ccc(O[Si](C)(C)C(C)(C)C)cc2)c1. The van der Waals surface area contributed by atoms with Crippen LogP contribution in [0.25, 0.3) is 12.2 Å². The van der Waals surface area contributed by atoms with Gasteiger partial charge in [0.15, 0.2) is 0 Å². The Kier molecular flexibility index (Phi) is 5.55. The molecule has 2 aromatic rings. The predicted molar refractivity (Wildman–Crippen MR) is 106 cm³/mol. The average Bonchev–Trinajstić information content (AvgIpc) is 2.53. The van der Waals surface area contributed by atoms with Crippen LogP contribution in [-0.4, -0.2) is 15.4 Å². The van der Waals surface area contributed by atoms with E-state index in [1.165, 1.54) is 0 Å². The molecule has 0 unspecified atom stereocenters. The molecule has 0 spiro atoms. The van der Waals surface area contributed by atoms with Crippen molar-refractivity contribution in [1.82, 2.24) is 0 Å². The fourth-order valence-electron chi connectivity index (χ4n) is 2.03. The maximum Gasteiger partial charge on any atom is 0.250 e. The molecule has 0 aromatic heterocycles. The van der Waals surface area contributed by atoms with Gasteiger partial charge in [-0.1, -0.05) is 57.2 Å². The van der Waals surface area contributed by atoms with Crippen LogP contribution in [0.4, 0.5) is 0 Å². The van der Waals surface area contributed by atoms with Crippen LogP contribution in [0.5, 0.6) is 11.5 Å². The number of hydrogen-bond acceptors (Lipinski definition) is 2. The molecular formula is C21H28O2Si. The van der Waals surface area contributed by atoms with E-state index in [4.69, 9.17) is 9.16 Å². The fraction of sp³-hybridized carbons (Fsp3) is 0.333. The maximum absolute atomic E-state index is 6.31. The van der Waals surface area contributed by atoms with E-state index in [2.05, 4.69) is 76.3 Å². The second-order valence-electron chi connectivity index (χ2n) is 7.54. The summed E-state index contributed by atoms with van der Waals surface area (Å²) in [6.07, 6.45) is 4.19. The van der Waals surface area contributed by atoms with Gasteiger partial charge < -0.3 is 9.16 Å². The van der Waals surface area contributed by atoms with Crippen LogP contribution in [0.15, 0.2) is 48.5 Å². The smallest absolute Gasteiger partial charge is 0.250 e. The molecule has 2 nitrogen and oxygen atoms in total. The highest BCUT2D eigenvalue weighted by Gasteiger charge is 2.38. The van der Waals surface area contributed by atoms with Gasteiger partial charge in [0.25, 0.3) is 0 Å². The molecule has 2 rings (SSSR count). The van der Waals surface area contributed by atoms with Gasteiger partial charge in [-0.05, 0) is 53.5 Å². The first-order chi connectivity index (χ1) is 11.2. The minimum Gasteiger partial charge on any atom is -0.544 e. The number of methoxy groups -OCH3 is 1. The zero-order chi connectivity index (χ0) is 17.8. The Hall–Kier alpha value is -2.00. The number of hydrogen-bond donors (Lipinski definition) is 0. The molecule has 3 heteroatoms. The Balaban J connectivity index is 2.08. The maximum atomic E-state index is 6.31. The number of rotatable bonds is 5. The molecule has 24 heavy (non-hydrogen) atoms. The van der Waals surface area contributed by atoms with Crippen molar-refractivity contribution in [1.29, 1.82) is 0 Å². The Bertz CT molecular complexity index is 695. The highest BCUT2D eigenvalue weighted by Crippen LogP contribution is 2.37. The molecule has 0 aliphatic heterocycles. The van der Waals surface area contributed by atoms with Gasteiger partial charge in [0, 0.05) is 0 Å². The third-order valence-corrected chi connectivity index (χ3v) is 8.98. The lowest BCUT2D eigenvalue weighted by Crippen LogP contribution is -2.43. The van der Waals surface area contributed by atoms with Gasteiger partial charge in [0.2, 0.25) is 8.32 Å². The molecule has 0 aliphatic rings. The quantitative estimate of drug-likeness (QED) is 0.473. The normalized spacial score (nSPS) is 12.4. The summed E-state index contributed by atoms with van der Waals surface area (Å²) in [4.78, 5) is 0. The predicted octanol–water partition coefficient (Wildman–Crippen LogP) is 6.25. The van der Waals surface area contributed by atoms with E-state index in [1.807, 2.05) is 18.2 Å². The lowest BCUT2D eigenvalue weighted by molar-refractivity contribution is 0.414. The van der Waals surface area contributed by atoms with Crippen LogP contribution in [0.3, 0.4) is 0 Å². The summed E-state index contributed by atoms with van der Waals surface area (Å²) in [6.45, 7) is 11.3. The molecule has 0 saturated heterocycles. The van der Waals surface area contributed by atoms with Gasteiger partial charge in [0.05, 0.1) is 7.11 Å². The van der Waals surface area contributed by atoms with Crippen molar-refractivity contribution in [2.45, 2.75) is 38.9 Å². The van der Waals surface area contributed by atoms with E-state index in [0.29, 0.717) is 0 Å². The van der Waals surface area contributed by atoms with Crippen LogP contribution in [-0.2, 0) is 0 Å². The molecule has 0 aliphatic carbocycles. The minimum absolute atomic E-state index is 0.206. The fourth-order valence-corrected chi connectivity index (χ4v) is 3.06. The van der Waals surface area contributed by atoms with Crippen molar-refractivity contribution < 1.29 is 9.16 Å². The molecule has 128 valence electrons. The molecule has 0 N–H and O–H groups in total. The minimum atomic E-state index is -1.78. The van der Waals surface area contributed by atoms with Crippen molar-refractivity contribution in [3.63, 3.8) is 0 Å². The Morgan fingerprint density at radius 2 is 1.46 bits per heavy atom. The summed E-state index contributed by atoms with van der Waals surface area (Å²) in [5.41, 5.74) is 2.27. The van der Waals surface area contributed by atoms with Gasteiger partial charge in [0.1, 0.15) is 11.5 Å². The molecule has 0 fully saturated rings. The van der Waals surface area contributed by atoms with E-state index in [-0.39, 0.29) is 5.04 Å². The monoisotopic (exact) mass is 340 g/mol. The lowest BCUT2D eigenvalue weighted by atomic mass is 10.1. The van der Waals surface area contributed by atoms with Crippen molar-refractivity contribution in [3.8, 4) is 11.5 Å². The largest absolute Gasteiger partial charge is 0.544 e. The molecule has 0 heterocycles. The second kappa shape index (κ2) is 7.26. The first kappa shape index (κ1) is 18.3. The molecule has 0 amide bonds. The van der Waals surface area contributed by atoms with E-state index in [0.717, 1.165) is 22.6 Å². The van der Waals surface area contributed by atoms with E-state index in [9.17, 15) is 0 Å². The summed E-state index contributed by atoms with van der Waals surface area (Å²) in [7, 11) is -0.0923. The van der Waals surface area contributed by atoms with Crippen LogP contribution in [0.2, 0.25) is 18.1 Å². The summed E-state index contributed by atoms with van der Waals surface area (Å²) < 4.78 is 11.6. The molecule has 0 radical (unpaired) electrons. The van der Waals surface area contributed by atoms with E-state index in [1.54, 1.807) is 7.11 Å². The standard InChI is InChI=1S/C21H28O2Si/c1-21(2,3)24(5,6)23-19-14-12-17(13-15-19)10-11-18-8-7-9-20(16-18)22-4/h7-16H,1-6H3/b11-10-. The van der Waals surface area contributed by atoms with E-state index >= 15 is 0 Å². The number of ether oxygens (including phenoxy) is 1. The third kappa shape index (κ3) is 4.75. The van der Waals surface area contributed by atoms with Crippen LogP contribution >= 0.6 is 0 Å². The third-order valence-electron chi connectivity index (χ3n) is 4.62. The molecule has 2 aromatic carbocycles. The molecule has 0 atom stereocenters. The lowest BCUT2D eigenvalue weighted by Gasteiger charge is -2.36. The number of benzene rings is 2. The molecule has 0 saturated carbocycles. The Labute approximate surface area is 147 Å². The van der Waals surface area contributed by atoms with Crippen LogP contribution < -0.4 is 9.16 Å². The Morgan fingerprint density at radius 3 is 2.04 bits per heavy atom. The van der Waals surface area contributed by atoms with Crippen LogP contribution in [0.1, 0.15) is 31.9 Å². The summed E-state index contributed by atoms with van der Waals surface area (Å²) >= 11 is 0. The van der Waals surface area contributed by atoms with Gasteiger partial charge in [-0.3, -0.25) is 0 Å². The topological polar surface area (TPSA) is 18.5 Å². The van der Waals surface area contributed by atoms with E-state index < -0.39 is 8.32 Å². The van der Waals surface area contributed by atoms with Crippen LogP contribution in [0, 0.1) is 0 Å². The molecular weight excluding hydrogens is 312 g/mol. The van der Waals surface area contributed by atoms with Gasteiger partial charge in [-0.15, -0.1) is 0 Å². The van der Waals surface area contributed by atoms with Crippen molar-refractivity contribution >= 4 is 20.5 Å². The van der Waals surface area contributed by atoms with Crippen molar-refractivity contribution in [3.05, 3.63) is 59.7 Å².